The summed E-state index contributed by atoms with van der Waals surface area (Å²) in [7, 11) is 1.51. The van der Waals surface area contributed by atoms with E-state index < -0.39 is 17.6 Å². The van der Waals surface area contributed by atoms with Crippen LogP contribution in [0.25, 0.3) is 5.57 Å². The SMILES string of the molecule is COc1ccccc1NC1=C(c2ccc(Cl)cc2)C(=O)N(c2cccc(F)c2)C1=O. The second kappa shape index (κ2) is 8.00. The summed E-state index contributed by atoms with van der Waals surface area (Å²) in [5, 5.41) is 3.53. The van der Waals surface area contributed by atoms with Crippen LogP contribution < -0.4 is 15.0 Å². The molecular weight excluding hydrogens is 407 g/mol. The largest absolute Gasteiger partial charge is 0.495 e. The molecule has 0 saturated carbocycles. The Labute approximate surface area is 177 Å². The fraction of sp³-hybridized carbons (Fsp3) is 0.0435. The monoisotopic (exact) mass is 422 g/mol. The molecule has 4 rings (SSSR count). The minimum Gasteiger partial charge on any atom is -0.495 e. The molecule has 30 heavy (non-hydrogen) atoms. The molecule has 0 aromatic heterocycles. The lowest BCUT2D eigenvalue weighted by molar-refractivity contribution is -0.120. The molecule has 3 aromatic rings. The Hall–Kier alpha value is -3.64. The Morgan fingerprint density at radius 3 is 2.37 bits per heavy atom. The van der Waals surface area contributed by atoms with Crippen molar-refractivity contribution in [1.29, 1.82) is 0 Å². The molecule has 2 amide bonds. The predicted molar refractivity (Wildman–Crippen MR) is 114 cm³/mol. The van der Waals surface area contributed by atoms with E-state index >= 15 is 0 Å². The van der Waals surface area contributed by atoms with Gasteiger partial charge in [0.2, 0.25) is 0 Å². The first-order valence-electron chi connectivity index (χ1n) is 9.04. The molecule has 1 heterocycles. The first-order chi connectivity index (χ1) is 14.5. The molecule has 0 unspecified atom stereocenters. The van der Waals surface area contributed by atoms with Crippen molar-refractivity contribution in [3.63, 3.8) is 0 Å². The molecule has 0 fully saturated rings. The van der Waals surface area contributed by atoms with Crippen LogP contribution in [0.1, 0.15) is 5.56 Å². The molecule has 0 spiro atoms. The van der Waals surface area contributed by atoms with Gasteiger partial charge in [-0.15, -0.1) is 0 Å². The van der Waals surface area contributed by atoms with Crippen LogP contribution in [0.15, 0.2) is 78.5 Å². The van der Waals surface area contributed by atoms with Crippen molar-refractivity contribution >= 4 is 40.4 Å². The number of methoxy groups -OCH3 is 1. The zero-order valence-electron chi connectivity index (χ0n) is 15.9. The van der Waals surface area contributed by atoms with Gasteiger partial charge in [0, 0.05) is 5.02 Å². The maximum absolute atomic E-state index is 13.8. The summed E-state index contributed by atoms with van der Waals surface area (Å²) in [5.41, 5.74) is 1.40. The third-order valence-electron chi connectivity index (χ3n) is 4.65. The van der Waals surface area contributed by atoms with Crippen LogP contribution >= 0.6 is 11.6 Å². The molecule has 0 atom stereocenters. The minimum atomic E-state index is -0.596. The number of nitrogens with one attached hydrogen (secondary N) is 1. The highest BCUT2D eigenvalue weighted by atomic mass is 35.5. The number of hydrogen-bond donors (Lipinski definition) is 1. The Balaban J connectivity index is 1.85. The van der Waals surface area contributed by atoms with Gasteiger partial charge in [0.1, 0.15) is 17.3 Å². The van der Waals surface area contributed by atoms with Gasteiger partial charge in [-0.3, -0.25) is 9.59 Å². The highest BCUT2D eigenvalue weighted by Gasteiger charge is 2.40. The Kier molecular flexibility index (Phi) is 5.25. The van der Waals surface area contributed by atoms with Gasteiger partial charge < -0.3 is 10.1 Å². The number of rotatable bonds is 5. The summed E-state index contributed by atoms with van der Waals surface area (Å²) in [6.07, 6.45) is 0. The fourth-order valence-corrected chi connectivity index (χ4v) is 3.39. The first-order valence-corrected chi connectivity index (χ1v) is 9.42. The van der Waals surface area contributed by atoms with Crippen LogP contribution in [0.4, 0.5) is 15.8 Å². The van der Waals surface area contributed by atoms with E-state index in [1.807, 2.05) is 0 Å². The normalized spacial score (nSPS) is 13.8. The molecule has 1 N–H and O–H groups in total. The van der Waals surface area contributed by atoms with Crippen LogP contribution in [0.3, 0.4) is 0 Å². The molecule has 7 heteroatoms. The second-order valence-electron chi connectivity index (χ2n) is 6.51. The summed E-state index contributed by atoms with van der Waals surface area (Å²) in [6, 6.07) is 18.9. The highest BCUT2D eigenvalue weighted by Crippen LogP contribution is 2.36. The molecule has 0 radical (unpaired) electrons. The number of amides is 2. The van der Waals surface area contributed by atoms with Crippen molar-refractivity contribution in [2.75, 3.05) is 17.3 Å². The van der Waals surface area contributed by atoms with Crippen molar-refractivity contribution in [2.24, 2.45) is 0 Å². The number of para-hydroxylation sites is 2. The Morgan fingerprint density at radius 1 is 0.933 bits per heavy atom. The number of benzene rings is 3. The number of carbonyl (C=O) groups excluding carboxylic acids is 2. The van der Waals surface area contributed by atoms with Gasteiger partial charge in [-0.1, -0.05) is 41.9 Å². The maximum Gasteiger partial charge on any atom is 0.282 e. The number of halogens is 2. The highest BCUT2D eigenvalue weighted by molar-refractivity contribution is 6.46. The van der Waals surface area contributed by atoms with Crippen LogP contribution in [-0.4, -0.2) is 18.9 Å². The number of ether oxygens (including phenoxy) is 1. The molecule has 150 valence electrons. The summed E-state index contributed by atoms with van der Waals surface area (Å²) >= 11 is 5.98. The van der Waals surface area contributed by atoms with Crippen molar-refractivity contribution in [2.45, 2.75) is 0 Å². The van der Waals surface area contributed by atoms with E-state index in [9.17, 15) is 14.0 Å². The van der Waals surface area contributed by atoms with Gasteiger partial charge >= 0.3 is 0 Å². The quantitative estimate of drug-likeness (QED) is 0.595. The van der Waals surface area contributed by atoms with Gasteiger partial charge in [0.15, 0.2) is 0 Å². The molecule has 3 aromatic carbocycles. The van der Waals surface area contributed by atoms with Gasteiger partial charge in [-0.25, -0.2) is 9.29 Å². The Bertz CT molecular complexity index is 1180. The average molecular weight is 423 g/mol. The van der Waals surface area contributed by atoms with Crippen LogP contribution in [0.5, 0.6) is 5.75 Å². The zero-order valence-corrected chi connectivity index (χ0v) is 16.6. The number of hydrogen-bond acceptors (Lipinski definition) is 4. The molecular formula is C23H16ClFN2O3. The van der Waals surface area contributed by atoms with E-state index in [-0.39, 0.29) is 17.0 Å². The van der Waals surface area contributed by atoms with Crippen molar-refractivity contribution in [3.8, 4) is 5.75 Å². The first kappa shape index (κ1) is 19.7. The standard InChI is InChI=1S/C23H16ClFN2O3/c1-30-19-8-3-2-7-18(19)26-21-20(14-9-11-15(24)12-10-14)22(28)27(23(21)29)17-6-4-5-16(25)13-17/h2-13,26H,1H3. The third-order valence-corrected chi connectivity index (χ3v) is 4.90. The van der Waals surface area contributed by atoms with E-state index in [0.717, 1.165) is 11.0 Å². The lowest BCUT2D eigenvalue weighted by Gasteiger charge is -2.16. The fourth-order valence-electron chi connectivity index (χ4n) is 3.26. The van der Waals surface area contributed by atoms with Gasteiger partial charge in [0.25, 0.3) is 11.8 Å². The smallest absolute Gasteiger partial charge is 0.282 e. The van der Waals surface area contributed by atoms with Crippen molar-refractivity contribution in [3.05, 3.63) is 94.9 Å². The van der Waals surface area contributed by atoms with Gasteiger partial charge in [0.05, 0.1) is 24.1 Å². The van der Waals surface area contributed by atoms with Crippen molar-refractivity contribution in [1.82, 2.24) is 0 Å². The van der Waals surface area contributed by atoms with E-state index in [1.165, 1.54) is 25.3 Å². The Morgan fingerprint density at radius 2 is 1.67 bits per heavy atom. The van der Waals surface area contributed by atoms with Crippen LogP contribution in [-0.2, 0) is 9.59 Å². The van der Waals surface area contributed by atoms with E-state index in [4.69, 9.17) is 16.3 Å². The third kappa shape index (κ3) is 3.53. The summed E-state index contributed by atoms with van der Waals surface area (Å²) in [4.78, 5) is 27.5. The summed E-state index contributed by atoms with van der Waals surface area (Å²) < 4.78 is 19.1. The zero-order chi connectivity index (χ0) is 21.3. The molecule has 0 bridgehead atoms. The molecule has 5 nitrogen and oxygen atoms in total. The van der Waals surface area contributed by atoms with E-state index in [1.54, 1.807) is 48.5 Å². The topological polar surface area (TPSA) is 58.6 Å². The number of anilines is 2. The lowest BCUT2D eigenvalue weighted by Crippen LogP contribution is -2.32. The number of imide groups is 1. The second-order valence-corrected chi connectivity index (χ2v) is 6.94. The average Bonchev–Trinajstić information content (AvgIpc) is 2.99. The summed E-state index contributed by atoms with van der Waals surface area (Å²) in [6.45, 7) is 0. The van der Waals surface area contributed by atoms with E-state index in [2.05, 4.69) is 5.32 Å². The predicted octanol–water partition coefficient (Wildman–Crippen LogP) is 4.88. The number of carbonyl (C=O) groups is 2. The summed E-state index contributed by atoms with van der Waals surface area (Å²) in [5.74, 6) is -1.20. The van der Waals surface area contributed by atoms with E-state index in [0.29, 0.717) is 22.0 Å². The molecule has 1 aliphatic rings. The number of nitrogens with zero attached hydrogens (tertiary/aromatic N) is 1. The van der Waals surface area contributed by atoms with Gasteiger partial charge in [-0.2, -0.15) is 0 Å². The molecule has 0 aliphatic carbocycles. The molecule has 1 aliphatic heterocycles. The minimum absolute atomic E-state index is 0.0658. The van der Waals surface area contributed by atoms with Gasteiger partial charge in [-0.05, 0) is 48.0 Å². The van der Waals surface area contributed by atoms with Crippen LogP contribution in [0, 0.1) is 5.82 Å². The van der Waals surface area contributed by atoms with Crippen LogP contribution in [0.2, 0.25) is 5.02 Å². The maximum atomic E-state index is 13.8. The molecule has 0 saturated heterocycles. The lowest BCUT2D eigenvalue weighted by atomic mass is 10.0. The van der Waals surface area contributed by atoms with Crippen molar-refractivity contribution < 1.29 is 18.7 Å².